The molecule has 0 atom stereocenters. The van der Waals surface area contributed by atoms with E-state index in [2.05, 4.69) is 57.2 Å². The lowest BCUT2D eigenvalue weighted by atomic mass is 10.2. The highest BCUT2D eigenvalue weighted by Gasteiger charge is 2.27. The second-order valence-corrected chi connectivity index (χ2v) is 6.93. The van der Waals surface area contributed by atoms with Crippen LogP contribution in [0.1, 0.15) is 37.3 Å². The first-order valence-corrected chi connectivity index (χ1v) is 9.09. The quantitative estimate of drug-likeness (QED) is 0.775. The molecule has 114 valence electrons. The van der Waals surface area contributed by atoms with Crippen molar-refractivity contribution in [3.8, 4) is 0 Å². The maximum absolute atomic E-state index is 4.68. The summed E-state index contributed by atoms with van der Waals surface area (Å²) in [7, 11) is 0. The molecule has 2 saturated carbocycles. The maximum atomic E-state index is 4.68. The number of benzene rings is 1. The zero-order valence-corrected chi connectivity index (χ0v) is 13.5. The van der Waals surface area contributed by atoms with Gasteiger partial charge in [-0.05, 0) is 50.1 Å². The van der Waals surface area contributed by atoms with Gasteiger partial charge in [-0.1, -0.05) is 6.07 Å². The third-order valence-corrected chi connectivity index (χ3v) is 4.72. The average molecular weight is 312 g/mol. The van der Waals surface area contributed by atoms with E-state index < -0.39 is 0 Å². The minimum atomic E-state index is 0.571. The molecule has 4 nitrogen and oxygen atoms in total. The molecule has 5 heteroatoms. The molecule has 0 unspecified atom stereocenters. The zero-order chi connectivity index (χ0) is 14.9. The van der Waals surface area contributed by atoms with Gasteiger partial charge in [-0.2, -0.15) is 4.98 Å². The van der Waals surface area contributed by atoms with E-state index in [-0.39, 0.29) is 0 Å². The van der Waals surface area contributed by atoms with Crippen molar-refractivity contribution >= 4 is 29.2 Å². The monoisotopic (exact) mass is 312 g/mol. The molecular formula is C17H20N4S. The Balaban J connectivity index is 1.59. The molecule has 0 saturated heterocycles. The summed E-state index contributed by atoms with van der Waals surface area (Å²) < 4.78 is 0. The number of hydrogen-bond acceptors (Lipinski definition) is 5. The lowest BCUT2D eigenvalue weighted by molar-refractivity contribution is 0.968. The van der Waals surface area contributed by atoms with E-state index in [9.17, 15) is 0 Å². The normalized spacial score (nSPS) is 17.3. The topological polar surface area (TPSA) is 49.8 Å². The second kappa shape index (κ2) is 5.80. The van der Waals surface area contributed by atoms with Crippen LogP contribution in [0.3, 0.4) is 0 Å². The predicted molar refractivity (Wildman–Crippen MR) is 92.2 cm³/mol. The Morgan fingerprint density at radius 1 is 1.09 bits per heavy atom. The van der Waals surface area contributed by atoms with Crippen molar-refractivity contribution in [1.29, 1.82) is 0 Å². The third-order valence-electron chi connectivity index (χ3n) is 3.99. The van der Waals surface area contributed by atoms with Gasteiger partial charge in [0.15, 0.2) is 0 Å². The van der Waals surface area contributed by atoms with Crippen LogP contribution in [0.5, 0.6) is 0 Å². The Morgan fingerprint density at radius 2 is 1.95 bits per heavy atom. The van der Waals surface area contributed by atoms with Gasteiger partial charge >= 0.3 is 0 Å². The lowest BCUT2D eigenvalue weighted by Crippen LogP contribution is -2.08. The van der Waals surface area contributed by atoms with Crippen LogP contribution >= 0.6 is 11.8 Å². The summed E-state index contributed by atoms with van der Waals surface area (Å²) in [6, 6.07) is 11.1. The van der Waals surface area contributed by atoms with E-state index in [0.29, 0.717) is 12.0 Å². The van der Waals surface area contributed by atoms with Crippen LogP contribution in [0.4, 0.5) is 17.5 Å². The van der Waals surface area contributed by atoms with Crippen molar-refractivity contribution in [1.82, 2.24) is 9.97 Å². The van der Waals surface area contributed by atoms with Gasteiger partial charge in [0.05, 0.1) is 5.69 Å². The molecule has 1 aromatic heterocycles. The summed E-state index contributed by atoms with van der Waals surface area (Å²) in [5, 5.41) is 6.85. The van der Waals surface area contributed by atoms with Gasteiger partial charge in [-0.15, -0.1) is 11.8 Å². The molecule has 2 aliphatic carbocycles. The van der Waals surface area contributed by atoms with Gasteiger partial charge in [-0.3, -0.25) is 0 Å². The number of hydrogen-bond donors (Lipinski definition) is 2. The summed E-state index contributed by atoms with van der Waals surface area (Å²) in [4.78, 5) is 10.6. The molecule has 1 aromatic carbocycles. The molecular weight excluding hydrogens is 292 g/mol. The summed E-state index contributed by atoms with van der Waals surface area (Å²) >= 11 is 1.75. The van der Waals surface area contributed by atoms with Crippen molar-refractivity contribution in [3.05, 3.63) is 36.0 Å². The van der Waals surface area contributed by atoms with E-state index in [0.717, 1.165) is 17.5 Å². The fourth-order valence-corrected chi connectivity index (χ4v) is 2.90. The van der Waals surface area contributed by atoms with E-state index in [1.54, 1.807) is 11.8 Å². The molecule has 22 heavy (non-hydrogen) atoms. The maximum Gasteiger partial charge on any atom is 0.225 e. The molecule has 2 N–H and O–H groups in total. The van der Waals surface area contributed by atoms with Crippen LogP contribution in [-0.4, -0.2) is 22.3 Å². The molecule has 2 aliphatic rings. The fraction of sp³-hybridized carbons (Fsp3) is 0.412. The number of rotatable bonds is 6. The highest BCUT2D eigenvalue weighted by atomic mass is 32.2. The largest absolute Gasteiger partial charge is 0.351 e. The second-order valence-electron chi connectivity index (χ2n) is 6.05. The summed E-state index contributed by atoms with van der Waals surface area (Å²) in [6.07, 6.45) is 7.06. The van der Waals surface area contributed by atoms with Crippen LogP contribution in [0.2, 0.25) is 0 Å². The third kappa shape index (κ3) is 3.35. The fourth-order valence-electron chi connectivity index (χ4n) is 2.44. The van der Waals surface area contributed by atoms with Crippen LogP contribution in [0.15, 0.2) is 35.2 Å². The highest BCUT2D eigenvalue weighted by molar-refractivity contribution is 7.98. The Hall–Kier alpha value is -1.75. The average Bonchev–Trinajstić information content (AvgIpc) is 3.40. The van der Waals surface area contributed by atoms with Crippen molar-refractivity contribution in [2.45, 2.75) is 42.5 Å². The highest BCUT2D eigenvalue weighted by Crippen LogP contribution is 2.40. The van der Waals surface area contributed by atoms with Crippen LogP contribution in [0.25, 0.3) is 0 Å². The number of anilines is 3. The molecule has 4 rings (SSSR count). The zero-order valence-electron chi connectivity index (χ0n) is 12.7. The Bertz CT molecular complexity index is 680. The molecule has 0 amide bonds. The number of nitrogens with one attached hydrogen (secondary N) is 2. The molecule has 0 aliphatic heterocycles. The van der Waals surface area contributed by atoms with Gasteiger partial charge in [0.2, 0.25) is 5.95 Å². The van der Waals surface area contributed by atoms with E-state index >= 15 is 0 Å². The standard InChI is InChI=1S/C17H20N4S/c1-22-14-4-2-3-13(9-14)18-16-10-15(11-5-6-11)20-17(21-16)19-12-7-8-12/h2-4,9-12H,5-8H2,1H3,(H2,18,19,20,21). The molecule has 2 aromatic rings. The first-order chi connectivity index (χ1) is 10.8. The van der Waals surface area contributed by atoms with Gasteiger partial charge < -0.3 is 10.6 Å². The molecule has 0 spiro atoms. The van der Waals surface area contributed by atoms with E-state index in [1.807, 2.05) is 0 Å². The Labute approximate surface area is 135 Å². The molecule has 1 heterocycles. The van der Waals surface area contributed by atoms with E-state index in [1.165, 1.54) is 36.3 Å². The van der Waals surface area contributed by atoms with E-state index in [4.69, 9.17) is 0 Å². The van der Waals surface area contributed by atoms with Crippen LogP contribution < -0.4 is 10.6 Å². The van der Waals surface area contributed by atoms with Crippen LogP contribution in [0, 0.1) is 0 Å². The van der Waals surface area contributed by atoms with Crippen molar-refractivity contribution in [3.63, 3.8) is 0 Å². The van der Waals surface area contributed by atoms with Gasteiger partial charge in [0.1, 0.15) is 5.82 Å². The summed E-state index contributed by atoms with van der Waals surface area (Å²) in [5.74, 6) is 2.29. The number of aromatic nitrogens is 2. The predicted octanol–water partition coefficient (Wildman–Crippen LogP) is 4.39. The van der Waals surface area contributed by atoms with Crippen molar-refractivity contribution in [2.75, 3.05) is 16.9 Å². The lowest BCUT2D eigenvalue weighted by Gasteiger charge is -2.11. The summed E-state index contributed by atoms with van der Waals surface area (Å²) in [5.41, 5.74) is 2.24. The Kier molecular flexibility index (Phi) is 3.66. The first-order valence-electron chi connectivity index (χ1n) is 7.87. The van der Waals surface area contributed by atoms with Crippen molar-refractivity contribution < 1.29 is 0 Å². The summed E-state index contributed by atoms with van der Waals surface area (Å²) in [6.45, 7) is 0. The van der Waals surface area contributed by atoms with Crippen molar-refractivity contribution in [2.24, 2.45) is 0 Å². The smallest absolute Gasteiger partial charge is 0.225 e. The SMILES string of the molecule is CSc1cccc(Nc2cc(C3CC3)nc(NC3CC3)n2)c1. The van der Waals surface area contributed by atoms with Crippen LogP contribution in [-0.2, 0) is 0 Å². The Morgan fingerprint density at radius 3 is 2.68 bits per heavy atom. The van der Waals surface area contributed by atoms with Gasteiger partial charge in [0, 0.05) is 28.6 Å². The number of thioether (sulfide) groups is 1. The minimum absolute atomic E-state index is 0.571. The van der Waals surface area contributed by atoms with Gasteiger partial charge in [0.25, 0.3) is 0 Å². The molecule has 2 fully saturated rings. The minimum Gasteiger partial charge on any atom is -0.351 e. The molecule has 0 radical (unpaired) electrons. The molecule has 0 bridgehead atoms. The first kappa shape index (κ1) is 13.9. The van der Waals surface area contributed by atoms with Gasteiger partial charge in [-0.25, -0.2) is 4.98 Å². The number of nitrogens with zero attached hydrogens (tertiary/aromatic N) is 2.